The van der Waals surface area contributed by atoms with Crippen LogP contribution in [0.4, 0.5) is 10.1 Å². The third kappa shape index (κ3) is 2.49. The van der Waals surface area contributed by atoms with E-state index >= 15 is 0 Å². The molecule has 2 N–H and O–H groups in total. The number of aromatic nitrogens is 2. The molecule has 0 saturated carbocycles. The fraction of sp³-hybridized carbons (Fsp3) is 0.200. The molecule has 0 radical (unpaired) electrons. The van der Waals surface area contributed by atoms with Crippen molar-refractivity contribution in [2.75, 3.05) is 6.54 Å². The molecule has 0 unspecified atom stereocenters. The maximum Gasteiger partial charge on any atom is 0.279 e. The molecule has 0 aliphatic rings. The number of rotatable bonds is 4. The monoisotopic (exact) mass is 268 g/mol. The number of nitro benzene ring substituents is 1. The van der Waals surface area contributed by atoms with Crippen molar-refractivity contribution in [2.45, 2.75) is 6.42 Å². The largest absolute Gasteiger partial charge is 0.330 e. The fourth-order valence-corrected chi connectivity index (χ4v) is 2.31. The Hall–Kier alpha value is -1.93. The van der Waals surface area contributed by atoms with Crippen molar-refractivity contribution >= 4 is 17.0 Å². The summed E-state index contributed by atoms with van der Waals surface area (Å²) in [5, 5.41) is 19.5. The van der Waals surface area contributed by atoms with E-state index in [9.17, 15) is 14.5 Å². The summed E-state index contributed by atoms with van der Waals surface area (Å²) in [5.41, 5.74) is 5.33. The van der Waals surface area contributed by atoms with E-state index in [2.05, 4.69) is 10.2 Å². The van der Waals surface area contributed by atoms with Crippen molar-refractivity contribution < 1.29 is 9.31 Å². The van der Waals surface area contributed by atoms with Gasteiger partial charge in [0.15, 0.2) is 5.01 Å². The number of nitrogens with zero attached hydrogens (tertiary/aromatic N) is 3. The van der Waals surface area contributed by atoms with Crippen LogP contribution in [0.5, 0.6) is 0 Å². The zero-order valence-electron chi connectivity index (χ0n) is 9.17. The normalized spacial score (nSPS) is 10.6. The molecule has 0 amide bonds. The van der Waals surface area contributed by atoms with Crippen LogP contribution in [-0.4, -0.2) is 21.7 Å². The highest BCUT2D eigenvalue weighted by molar-refractivity contribution is 7.14. The van der Waals surface area contributed by atoms with Gasteiger partial charge in [-0.2, -0.15) is 0 Å². The second-order valence-electron chi connectivity index (χ2n) is 3.46. The number of hydrogen-bond acceptors (Lipinski definition) is 6. The van der Waals surface area contributed by atoms with E-state index in [0.717, 1.165) is 18.2 Å². The lowest BCUT2D eigenvalue weighted by Gasteiger charge is -1.98. The van der Waals surface area contributed by atoms with Gasteiger partial charge in [0.05, 0.1) is 10.5 Å². The summed E-state index contributed by atoms with van der Waals surface area (Å²) in [5.74, 6) is -0.550. The molecular formula is C10H9FN4O2S. The minimum atomic E-state index is -0.571. The molecule has 94 valence electrons. The number of benzene rings is 1. The Labute approximate surface area is 105 Å². The Morgan fingerprint density at radius 1 is 1.44 bits per heavy atom. The first kappa shape index (κ1) is 12.5. The first-order valence-electron chi connectivity index (χ1n) is 5.08. The molecule has 0 aliphatic carbocycles. The zero-order valence-corrected chi connectivity index (χ0v) is 9.98. The quantitative estimate of drug-likeness (QED) is 0.673. The maximum atomic E-state index is 13.2. The van der Waals surface area contributed by atoms with Crippen LogP contribution in [0.1, 0.15) is 5.01 Å². The number of nitro groups is 1. The van der Waals surface area contributed by atoms with Gasteiger partial charge in [-0.05, 0) is 18.7 Å². The van der Waals surface area contributed by atoms with Gasteiger partial charge in [0.25, 0.3) is 5.69 Å². The van der Waals surface area contributed by atoms with E-state index in [1.807, 2.05) is 0 Å². The summed E-state index contributed by atoms with van der Waals surface area (Å²) >= 11 is 1.18. The summed E-state index contributed by atoms with van der Waals surface area (Å²) in [6.45, 7) is 0.417. The van der Waals surface area contributed by atoms with Gasteiger partial charge in [0.1, 0.15) is 10.8 Å². The highest BCUT2D eigenvalue weighted by Gasteiger charge is 2.19. The molecule has 0 bridgehead atoms. The predicted octanol–water partition coefficient (Wildman–Crippen LogP) is 1.75. The van der Waals surface area contributed by atoms with Gasteiger partial charge in [-0.3, -0.25) is 10.1 Å². The molecule has 0 spiro atoms. The standard InChI is InChI=1S/C10H9FN4O2S/c11-6-1-2-8(15(16)17)7(5-6)10-14-13-9(18-10)3-4-12/h1-2,5H,3-4,12H2. The summed E-state index contributed by atoms with van der Waals surface area (Å²) in [4.78, 5) is 10.3. The van der Waals surface area contributed by atoms with Crippen LogP contribution in [0, 0.1) is 15.9 Å². The van der Waals surface area contributed by atoms with Gasteiger partial charge in [-0.25, -0.2) is 4.39 Å². The van der Waals surface area contributed by atoms with Crippen LogP contribution in [0.2, 0.25) is 0 Å². The molecule has 6 nitrogen and oxygen atoms in total. The second kappa shape index (κ2) is 5.15. The van der Waals surface area contributed by atoms with Crippen molar-refractivity contribution in [2.24, 2.45) is 5.73 Å². The second-order valence-corrected chi connectivity index (χ2v) is 4.52. The molecule has 0 aliphatic heterocycles. The van der Waals surface area contributed by atoms with Crippen molar-refractivity contribution in [3.8, 4) is 10.6 Å². The third-order valence-electron chi connectivity index (χ3n) is 2.21. The highest BCUT2D eigenvalue weighted by Crippen LogP contribution is 2.32. The summed E-state index contributed by atoms with van der Waals surface area (Å²) in [6.07, 6.45) is 0.542. The molecule has 2 aromatic rings. The molecule has 0 atom stereocenters. The smallest absolute Gasteiger partial charge is 0.279 e. The maximum absolute atomic E-state index is 13.2. The molecule has 1 heterocycles. The van der Waals surface area contributed by atoms with E-state index in [-0.39, 0.29) is 11.3 Å². The average Bonchev–Trinajstić information content (AvgIpc) is 2.77. The Bertz CT molecular complexity index is 587. The minimum absolute atomic E-state index is 0.140. The molecule has 0 fully saturated rings. The van der Waals surface area contributed by atoms with Gasteiger partial charge in [-0.15, -0.1) is 10.2 Å². The van der Waals surface area contributed by atoms with Gasteiger partial charge < -0.3 is 5.73 Å². The Balaban J connectivity index is 2.47. The summed E-state index contributed by atoms with van der Waals surface area (Å²) < 4.78 is 13.2. The number of nitrogens with two attached hydrogens (primary N) is 1. The molecular weight excluding hydrogens is 259 g/mol. The molecule has 1 aromatic heterocycles. The van der Waals surface area contributed by atoms with E-state index in [1.54, 1.807) is 0 Å². The fourth-order valence-electron chi connectivity index (χ4n) is 1.43. The predicted molar refractivity (Wildman–Crippen MR) is 64.7 cm³/mol. The lowest BCUT2D eigenvalue weighted by molar-refractivity contribution is -0.384. The van der Waals surface area contributed by atoms with E-state index in [4.69, 9.17) is 5.73 Å². The molecule has 8 heteroatoms. The third-order valence-corrected chi connectivity index (χ3v) is 3.23. The van der Waals surface area contributed by atoms with E-state index < -0.39 is 10.7 Å². The molecule has 18 heavy (non-hydrogen) atoms. The van der Waals surface area contributed by atoms with Crippen LogP contribution >= 0.6 is 11.3 Å². The summed E-state index contributed by atoms with van der Waals surface area (Å²) in [7, 11) is 0. The van der Waals surface area contributed by atoms with Crippen LogP contribution in [0.3, 0.4) is 0 Å². The first-order chi connectivity index (χ1) is 8.61. The topological polar surface area (TPSA) is 94.9 Å². The van der Waals surface area contributed by atoms with Crippen LogP contribution in [0.25, 0.3) is 10.6 Å². The van der Waals surface area contributed by atoms with Crippen molar-refractivity contribution in [1.82, 2.24) is 10.2 Å². The van der Waals surface area contributed by atoms with Crippen molar-refractivity contribution in [1.29, 1.82) is 0 Å². The number of halogens is 1. The van der Waals surface area contributed by atoms with E-state index in [1.165, 1.54) is 11.3 Å². The molecule has 0 saturated heterocycles. The molecule has 1 aromatic carbocycles. The summed E-state index contributed by atoms with van der Waals surface area (Å²) in [6, 6.07) is 3.25. The van der Waals surface area contributed by atoms with E-state index in [0.29, 0.717) is 23.0 Å². The van der Waals surface area contributed by atoms with Crippen LogP contribution in [-0.2, 0) is 6.42 Å². The van der Waals surface area contributed by atoms with Gasteiger partial charge >= 0.3 is 0 Å². The SMILES string of the molecule is NCCc1nnc(-c2cc(F)ccc2[N+](=O)[O-])s1. The Kier molecular flexibility index (Phi) is 3.58. The number of hydrogen-bond donors (Lipinski definition) is 1. The van der Waals surface area contributed by atoms with Gasteiger partial charge in [0, 0.05) is 12.5 Å². The van der Waals surface area contributed by atoms with Gasteiger partial charge in [0.2, 0.25) is 0 Å². The minimum Gasteiger partial charge on any atom is -0.330 e. The molecule has 2 rings (SSSR count). The average molecular weight is 268 g/mol. The van der Waals surface area contributed by atoms with Crippen molar-refractivity contribution in [3.63, 3.8) is 0 Å². The highest BCUT2D eigenvalue weighted by atomic mass is 32.1. The van der Waals surface area contributed by atoms with Gasteiger partial charge in [-0.1, -0.05) is 11.3 Å². The lowest BCUT2D eigenvalue weighted by atomic mass is 10.2. The Morgan fingerprint density at radius 3 is 2.89 bits per heavy atom. The van der Waals surface area contributed by atoms with Crippen LogP contribution < -0.4 is 5.73 Å². The Morgan fingerprint density at radius 2 is 2.22 bits per heavy atom. The first-order valence-corrected chi connectivity index (χ1v) is 5.90. The lowest BCUT2D eigenvalue weighted by Crippen LogP contribution is -2.01. The van der Waals surface area contributed by atoms with Crippen LogP contribution in [0.15, 0.2) is 18.2 Å². The van der Waals surface area contributed by atoms with Crippen molar-refractivity contribution in [3.05, 3.63) is 39.1 Å². The zero-order chi connectivity index (χ0) is 13.1.